The van der Waals surface area contributed by atoms with Gasteiger partial charge in [0, 0.05) is 13.1 Å². The van der Waals surface area contributed by atoms with Crippen LogP contribution < -0.4 is 10.2 Å². The first kappa shape index (κ1) is 24.3. The number of alkyl halides is 3. The van der Waals surface area contributed by atoms with Crippen molar-refractivity contribution in [3.8, 4) is 0 Å². The standard InChI is InChI=1S/C20H26F3N5O3S/c1-4-15(27(2)3)18-25-26-19(31-18)32-12-17(29)24-14-11-13(20(21,22)23)5-6-16(14)28-7-9-30-10-8-28/h5-6,11,15H,4,7-10,12H2,1-3H3,(H,24,29)/t15-/m1/s1. The molecule has 0 saturated carbocycles. The number of ether oxygens (including phenoxy) is 1. The van der Waals surface area contributed by atoms with Gasteiger partial charge in [0.15, 0.2) is 0 Å². The molecule has 12 heteroatoms. The number of anilines is 2. The van der Waals surface area contributed by atoms with Crippen LogP contribution in [0.5, 0.6) is 0 Å². The number of carbonyl (C=O) groups is 1. The lowest BCUT2D eigenvalue weighted by Crippen LogP contribution is -2.37. The highest BCUT2D eigenvalue weighted by Gasteiger charge is 2.32. The molecule has 32 heavy (non-hydrogen) atoms. The monoisotopic (exact) mass is 473 g/mol. The molecule has 1 aromatic carbocycles. The zero-order valence-corrected chi connectivity index (χ0v) is 18.9. The molecule has 1 N–H and O–H groups in total. The predicted molar refractivity (Wildman–Crippen MR) is 115 cm³/mol. The molecule has 0 unspecified atom stereocenters. The van der Waals surface area contributed by atoms with Crippen LogP contribution in [0, 0.1) is 0 Å². The summed E-state index contributed by atoms with van der Waals surface area (Å²) in [7, 11) is 3.81. The van der Waals surface area contributed by atoms with Crippen LogP contribution in [0.3, 0.4) is 0 Å². The van der Waals surface area contributed by atoms with Crippen molar-refractivity contribution in [1.29, 1.82) is 0 Å². The van der Waals surface area contributed by atoms with Crippen LogP contribution in [0.4, 0.5) is 24.5 Å². The van der Waals surface area contributed by atoms with Gasteiger partial charge in [-0.1, -0.05) is 18.7 Å². The van der Waals surface area contributed by atoms with E-state index in [0.29, 0.717) is 37.9 Å². The van der Waals surface area contributed by atoms with Gasteiger partial charge in [-0.05, 0) is 38.7 Å². The zero-order chi connectivity index (χ0) is 23.3. The van der Waals surface area contributed by atoms with Gasteiger partial charge >= 0.3 is 6.18 Å². The Kier molecular flexibility index (Phi) is 8.01. The molecule has 1 saturated heterocycles. The average molecular weight is 474 g/mol. The molecule has 8 nitrogen and oxygen atoms in total. The molecule has 1 aliphatic heterocycles. The van der Waals surface area contributed by atoms with Crippen LogP contribution in [0.15, 0.2) is 27.8 Å². The molecule has 1 fully saturated rings. The molecule has 0 bridgehead atoms. The fourth-order valence-electron chi connectivity index (χ4n) is 3.38. The van der Waals surface area contributed by atoms with Gasteiger partial charge in [0.1, 0.15) is 0 Å². The number of nitrogens with zero attached hydrogens (tertiary/aromatic N) is 4. The van der Waals surface area contributed by atoms with E-state index in [1.165, 1.54) is 6.07 Å². The molecular formula is C20H26F3N5O3S. The minimum atomic E-state index is -4.51. The van der Waals surface area contributed by atoms with E-state index in [-0.39, 0.29) is 22.7 Å². The summed E-state index contributed by atoms with van der Waals surface area (Å²) in [6.07, 6.45) is -3.74. The molecule has 2 heterocycles. The Morgan fingerprint density at radius 2 is 2.00 bits per heavy atom. The highest BCUT2D eigenvalue weighted by molar-refractivity contribution is 7.99. The highest BCUT2D eigenvalue weighted by Crippen LogP contribution is 2.36. The second-order valence-corrected chi connectivity index (χ2v) is 8.39. The number of carbonyl (C=O) groups excluding carboxylic acids is 1. The Bertz CT molecular complexity index is 916. The quantitative estimate of drug-likeness (QED) is 0.582. The predicted octanol–water partition coefficient (Wildman–Crippen LogP) is 3.67. The van der Waals surface area contributed by atoms with Gasteiger partial charge in [-0.2, -0.15) is 13.2 Å². The fourth-order valence-corrected chi connectivity index (χ4v) is 3.95. The fraction of sp³-hybridized carbons (Fsp3) is 0.550. The van der Waals surface area contributed by atoms with Crippen molar-refractivity contribution >= 4 is 29.0 Å². The topological polar surface area (TPSA) is 83.7 Å². The first-order valence-corrected chi connectivity index (χ1v) is 11.1. The van der Waals surface area contributed by atoms with Crippen molar-refractivity contribution in [3.63, 3.8) is 0 Å². The van der Waals surface area contributed by atoms with Crippen LogP contribution in [0.25, 0.3) is 0 Å². The number of halogens is 3. The number of hydrogen-bond acceptors (Lipinski definition) is 8. The number of benzene rings is 1. The summed E-state index contributed by atoms with van der Waals surface area (Å²) >= 11 is 1.03. The van der Waals surface area contributed by atoms with Crippen LogP contribution in [-0.2, 0) is 15.7 Å². The SMILES string of the molecule is CC[C@H](c1nnc(SCC(=O)Nc2cc(C(F)(F)F)ccc2N2CCOCC2)o1)N(C)C. The zero-order valence-electron chi connectivity index (χ0n) is 18.1. The van der Waals surface area contributed by atoms with Gasteiger partial charge in [0.2, 0.25) is 11.8 Å². The van der Waals surface area contributed by atoms with Crippen LogP contribution in [0.2, 0.25) is 0 Å². The van der Waals surface area contributed by atoms with E-state index in [1.807, 2.05) is 30.8 Å². The Balaban J connectivity index is 1.70. The molecule has 1 atom stereocenters. The number of hydrogen-bond donors (Lipinski definition) is 1. The third-order valence-corrected chi connectivity index (χ3v) is 5.81. The van der Waals surface area contributed by atoms with E-state index in [0.717, 1.165) is 30.3 Å². The van der Waals surface area contributed by atoms with Crippen LogP contribution >= 0.6 is 11.8 Å². The summed E-state index contributed by atoms with van der Waals surface area (Å²) in [5.74, 6) is -0.102. The maximum atomic E-state index is 13.2. The van der Waals surface area contributed by atoms with Gasteiger partial charge in [0.05, 0.1) is 41.9 Å². The van der Waals surface area contributed by atoms with E-state index in [9.17, 15) is 18.0 Å². The van der Waals surface area contributed by atoms with Gasteiger partial charge in [0.25, 0.3) is 5.22 Å². The Hall–Kier alpha value is -2.31. The van der Waals surface area contributed by atoms with Crippen LogP contribution in [0.1, 0.15) is 30.8 Å². The summed E-state index contributed by atoms with van der Waals surface area (Å²) in [5, 5.41) is 10.8. The molecule has 0 spiro atoms. The summed E-state index contributed by atoms with van der Waals surface area (Å²) < 4.78 is 50.6. The number of thioether (sulfide) groups is 1. The lowest BCUT2D eigenvalue weighted by atomic mass is 10.1. The van der Waals surface area contributed by atoms with Crippen molar-refractivity contribution in [2.24, 2.45) is 0 Å². The molecule has 0 radical (unpaired) electrons. The van der Waals surface area contributed by atoms with E-state index >= 15 is 0 Å². The molecule has 1 aliphatic rings. The summed E-state index contributed by atoms with van der Waals surface area (Å²) in [5.41, 5.74) is -0.193. The Labute approximate surface area is 188 Å². The minimum Gasteiger partial charge on any atom is -0.414 e. The Morgan fingerprint density at radius 1 is 1.28 bits per heavy atom. The molecule has 3 rings (SSSR count). The van der Waals surface area contributed by atoms with Crippen molar-refractivity contribution in [3.05, 3.63) is 29.7 Å². The number of rotatable bonds is 8. The number of morpholine rings is 1. The van der Waals surface area contributed by atoms with E-state index in [4.69, 9.17) is 9.15 Å². The van der Waals surface area contributed by atoms with Crippen molar-refractivity contribution < 1.29 is 27.1 Å². The minimum absolute atomic E-state index is 0.0353. The lowest BCUT2D eigenvalue weighted by molar-refractivity contribution is -0.137. The number of nitrogens with one attached hydrogen (secondary N) is 1. The smallest absolute Gasteiger partial charge is 0.414 e. The lowest BCUT2D eigenvalue weighted by Gasteiger charge is -2.31. The third-order valence-electron chi connectivity index (χ3n) is 4.99. The molecule has 1 amide bonds. The maximum absolute atomic E-state index is 13.2. The maximum Gasteiger partial charge on any atom is 0.416 e. The van der Waals surface area contributed by atoms with Crippen molar-refractivity contribution in [2.45, 2.75) is 30.8 Å². The van der Waals surface area contributed by atoms with Crippen molar-refractivity contribution in [1.82, 2.24) is 15.1 Å². The number of aromatic nitrogens is 2. The van der Waals surface area contributed by atoms with E-state index in [1.54, 1.807) is 0 Å². The van der Waals surface area contributed by atoms with Gasteiger partial charge < -0.3 is 19.4 Å². The first-order chi connectivity index (χ1) is 15.2. The molecule has 2 aromatic rings. The highest BCUT2D eigenvalue weighted by atomic mass is 32.2. The van der Waals surface area contributed by atoms with E-state index < -0.39 is 17.6 Å². The van der Waals surface area contributed by atoms with Gasteiger partial charge in [-0.15, -0.1) is 10.2 Å². The second-order valence-electron chi connectivity index (χ2n) is 7.46. The average Bonchev–Trinajstić information content (AvgIpc) is 3.21. The molecular weight excluding hydrogens is 447 g/mol. The Morgan fingerprint density at radius 3 is 2.62 bits per heavy atom. The third kappa shape index (κ3) is 6.14. The summed E-state index contributed by atoms with van der Waals surface area (Å²) in [6, 6.07) is 3.32. The second kappa shape index (κ2) is 10.5. The van der Waals surface area contributed by atoms with Gasteiger partial charge in [-0.25, -0.2) is 0 Å². The molecule has 0 aliphatic carbocycles. The number of amides is 1. The molecule has 1 aromatic heterocycles. The molecule has 176 valence electrons. The first-order valence-electron chi connectivity index (χ1n) is 10.2. The van der Waals surface area contributed by atoms with Gasteiger partial charge in [-0.3, -0.25) is 9.69 Å². The summed E-state index contributed by atoms with van der Waals surface area (Å²) in [4.78, 5) is 16.4. The summed E-state index contributed by atoms with van der Waals surface area (Å²) in [6.45, 7) is 3.98. The largest absolute Gasteiger partial charge is 0.416 e. The van der Waals surface area contributed by atoms with Crippen molar-refractivity contribution in [2.75, 3.05) is 56.4 Å². The normalized spacial score (nSPS) is 15.8. The van der Waals surface area contributed by atoms with Crippen LogP contribution in [-0.4, -0.2) is 67.2 Å². The van der Waals surface area contributed by atoms with E-state index in [2.05, 4.69) is 15.5 Å².